The average molecular weight is 307 g/mol. The molecular weight excluding hydrogens is 290 g/mol. The third-order valence-electron chi connectivity index (χ3n) is 5.75. The predicted molar refractivity (Wildman–Crippen MR) is 97.7 cm³/mol. The first-order valence-corrected chi connectivity index (χ1v) is 8.67. The molecule has 1 aliphatic heterocycles. The Bertz CT molecular complexity index is 1120. The van der Waals surface area contributed by atoms with Gasteiger partial charge in [0, 0.05) is 17.6 Å². The second kappa shape index (κ2) is 4.39. The normalized spacial score (nSPS) is 17.2. The lowest BCUT2D eigenvalue weighted by molar-refractivity contribution is 0.618. The van der Waals surface area contributed by atoms with Crippen LogP contribution in [0.2, 0.25) is 0 Å². The van der Waals surface area contributed by atoms with Crippen LogP contribution in [-0.2, 0) is 12.8 Å². The average Bonchev–Trinajstić information content (AvgIpc) is 2.99. The van der Waals surface area contributed by atoms with Gasteiger partial charge in [-0.2, -0.15) is 0 Å². The predicted octanol–water partition coefficient (Wildman–Crippen LogP) is 5.09. The molecule has 0 spiro atoms. The molecule has 0 fully saturated rings. The van der Waals surface area contributed by atoms with Crippen molar-refractivity contribution in [2.24, 2.45) is 0 Å². The quantitative estimate of drug-likeness (QED) is 0.368. The highest BCUT2D eigenvalue weighted by Crippen LogP contribution is 2.45. The summed E-state index contributed by atoms with van der Waals surface area (Å²) in [6.07, 6.45) is 2.10. The molecule has 114 valence electrons. The molecule has 0 bridgehead atoms. The first kappa shape index (κ1) is 12.6. The lowest BCUT2D eigenvalue weighted by Gasteiger charge is -2.36. The Balaban J connectivity index is 1.76. The minimum Gasteiger partial charge on any atom is -0.333 e. The molecule has 1 atom stereocenters. The Labute approximate surface area is 141 Å². The molecule has 0 radical (unpaired) electrons. The van der Waals surface area contributed by atoms with Crippen LogP contribution in [-0.4, -0.2) is 4.57 Å². The van der Waals surface area contributed by atoms with Gasteiger partial charge in [0.05, 0.1) is 6.04 Å². The molecule has 0 amide bonds. The van der Waals surface area contributed by atoms with Crippen molar-refractivity contribution in [1.29, 1.82) is 0 Å². The van der Waals surface area contributed by atoms with Gasteiger partial charge in [0.15, 0.2) is 0 Å². The summed E-state index contributed by atoms with van der Waals surface area (Å²) >= 11 is 0. The minimum absolute atomic E-state index is 0.324. The van der Waals surface area contributed by atoms with Crippen molar-refractivity contribution in [3.8, 4) is 0 Å². The fourth-order valence-corrected chi connectivity index (χ4v) is 4.79. The molecule has 0 N–H and O–H groups in total. The number of rotatable bonds is 0. The van der Waals surface area contributed by atoms with Crippen molar-refractivity contribution in [1.82, 2.24) is 4.57 Å². The molecule has 1 aromatic heterocycles. The van der Waals surface area contributed by atoms with Gasteiger partial charge >= 0.3 is 0 Å². The van der Waals surface area contributed by atoms with Gasteiger partial charge < -0.3 is 4.57 Å². The molecule has 2 heterocycles. The van der Waals surface area contributed by atoms with Crippen molar-refractivity contribution < 1.29 is 0 Å². The van der Waals surface area contributed by atoms with E-state index < -0.39 is 0 Å². The zero-order valence-electron chi connectivity index (χ0n) is 13.4. The first-order valence-electron chi connectivity index (χ1n) is 8.67. The molecule has 4 aromatic rings. The molecule has 0 saturated heterocycles. The number of hydrogen-bond acceptors (Lipinski definition) is 0. The molecule has 1 heteroatoms. The van der Waals surface area contributed by atoms with Crippen molar-refractivity contribution >= 4 is 10.9 Å². The number of aromatic nitrogens is 1. The van der Waals surface area contributed by atoms with Gasteiger partial charge in [0.25, 0.3) is 0 Å². The summed E-state index contributed by atoms with van der Waals surface area (Å²) in [5, 5.41) is 1.35. The number of hydrogen-bond donors (Lipinski definition) is 0. The summed E-state index contributed by atoms with van der Waals surface area (Å²) in [6.45, 7) is 0. The van der Waals surface area contributed by atoms with Crippen molar-refractivity contribution in [2.45, 2.75) is 18.9 Å². The number of nitrogens with zero attached hydrogens (tertiary/aromatic N) is 1. The van der Waals surface area contributed by atoms with Crippen molar-refractivity contribution in [3.05, 3.63) is 106 Å². The van der Waals surface area contributed by atoms with Crippen LogP contribution in [0.1, 0.15) is 39.6 Å². The maximum absolute atomic E-state index is 2.58. The minimum atomic E-state index is 0.324. The summed E-state index contributed by atoms with van der Waals surface area (Å²) in [5.74, 6) is 0. The lowest BCUT2D eigenvalue weighted by Crippen LogP contribution is -2.27. The zero-order valence-corrected chi connectivity index (χ0v) is 13.4. The van der Waals surface area contributed by atoms with E-state index in [0.717, 1.165) is 12.8 Å². The van der Waals surface area contributed by atoms with Crippen LogP contribution in [0.3, 0.4) is 0 Å². The topological polar surface area (TPSA) is 4.93 Å². The van der Waals surface area contributed by atoms with Crippen LogP contribution < -0.4 is 0 Å². The third kappa shape index (κ3) is 1.50. The van der Waals surface area contributed by atoms with Gasteiger partial charge in [-0.25, -0.2) is 0 Å². The molecule has 24 heavy (non-hydrogen) atoms. The fraction of sp³-hybridized carbons (Fsp3) is 0.130. The first-order chi connectivity index (χ1) is 11.9. The molecule has 2 aliphatic rings. The van der Waals surface area contributed by atoms with Gasteiger partial charge in [-0.05, 0) is 51.8 Å². The van der Waals surface area contributed by atoms with Crippen LogP contribution >= 0.6 is 0 Å². The maximum atomic E-state index is 2.58. The molecule has 6 rings (SSSR count). The monoisotopic (exact) mass is 307 g/mol. The molecule has 0 saturated carbocycles. The highest BCUT2D eigenvalue weighted by atomic mass is 15.0. The van der Waals surface area contributed by atoms with Gasteiger partial charge in [-0.3, -0.25) is 0 Å². The van der Waals surface area contributed by atoms with E-state index in [-0.39, 0.29) is 0 Å². The summed E-state index contributed by atoms with van der Waals surface area (Å²) in [6, 6.07) is 27.4. The summed E-state index contributed by atoms with van der Waals surface area (Å²) in [7, 11) is 0. The standard InChI is InChI=1S/C23H17N/c1-3-10-20-15(6-1)12-17-8-5-9-18-14-19-13-16-7-2-4-11-21(16)24(19)23(20)22(17)18/h1-11,13,23H,12,14H2. The number of para-hydroxylation sites is 1. The second-order valence-corrected chi connectivity index (χ2v) is 7.01. The Hall–Kier alpha value is -2.80. The SMILES string of the molecule is c1ccc2c(c1)Cc1cccc3c1C2n1c(cc2ccccc21)C3. The van der Waals surface area contributed by atoms with E-state index in [1.165, 1.54) is 38.9 Å². The number of benzene rings is 3. The van der Waals surface area contributed by atoms with E-state index in [2.05, 4.69) is 77.4 Å². The summed E-state index contributed by atoms with van der Waals surface area (Å²) in [4.78, 5) is 0. The zero-order chi connectivity index (χ0) is 15.7. The van der Waals surface area contributed by atoms with Crippen molar-refractivity contribution in [2.75, 3.05) is 0 Å². The Morgan fingerprint density at radius 1 is 0.708 bits per heavy atom. The van der Waals surface area contributed by atoms with Crippen molar-refractivity contribution in [3.63, 3.8) is 0 Å². The summed E-state index contributed by atoms with van der Waals surface area (Å²) in [5.41, 5.74) is 10.3. The van der Waals surface area contributed by atoms with Gasteiger partial charge in [-0.15, -0.1) is 0 Å². The molecule has 1 unspecified atom stereocenters. The number of fused-ring (bicyclic) bond motifs is 6. The van der Waals surface area contributed by atoms with E-state index in [4.69, 9.17) is 0 Å². The summed E-state index contributed by atoms with van der Waals surface area (Å²) < 4.78 is 2.58. The molecular formula is C23H17N. The smallest absolute Gasteiger partial charge is 0.0850 e. The largest absolute Gasteiger partial charge is 0.333 e. The Morgan fingerprint density at radius 3 is 2.42 bits per heavy atom. The highest BCUT2D eigenvalue weighted by molar-refractivity contribution is 5.83. The second-order valence-electron chi connectivity index (χ2n) is 7.01. The Kier molecular flexibility index (Phi) is 2.30. The van der Waals surface area contributed by atoms with E-state index in [1.54, 1.807) is 5.56 Å². The van der Waals surface area contributed by atoms with E-state index in [0.29, 0.717) is 6.04 Å². The van der Waals surface area contributed by atoms with Crippen LogP contribution in [0.25, 0.3) is 10.9 Å². The van der Waals surface area contributed by atoms with Gasteiger partial charge in [0.2, 0.25) is 0 Å². The Morgan fingerprint density at radius 2 is 1.46 bits per heavy atom. The van der Waals surface area contributed by atoms with E-state index >= 15 is 0 Å². The molecule has 3 aromatic carbocycles. The highest BCUT2D eigenvalue weighted by Gasteiger charge is 2.33. The van der Waals surface area contributed by atoms with Crippen LogP contribution in [0.5, 0.6) is 0 Å². The lowest BCUT2D eigenvalue weighted by atomic mass is 9.77. The fourth-order valence-electron chi connectivity index (χ4n) is 4.79. The molecule has 1 nitrogen and oxygen atoms in total. The maximum Gasteiger partial charge on any atom is 0.0850 e. The molecule has 1 aliphatic carbocycles. The van der Waals surface area contributed by atoms with Crippen LogP contribution in [0.15, 0.2) is 72.8 Å². The van der Waals surface area contributed by atoms with Crippen LogP contribution in [0.4, 0.5) is 0 Å². The van der Waals surface area contributed by atoms with E-state index in [1.807, 2.05) is 0 Å². The van der Waals surface area contributed by atoms with Gasteiger partial charge in [-0.1, -0.05) is 60.7 Å². The van der Waals surface area contributed by atoms with Crippen LogP contribution in [0, 0.1) is 0 Å². The van der Waals surface area contributed by atoms with Gasteiger partial charge in [0.1, 0.15) is 0 Å². The third-order valence-corrected chi connectivity index (χ3v) is 5.75. The van der Waals surface area contributed by atoms with E-state index in [9.17, 15) is 0 Å².